The molecule has 138 valence electrons. The molecular weight excluding hydrogens is 444 g/mol. The number of halogens is 2. The van der Waals surface area contributed by atoms with Crippen molar-refractivity contribution in [2.24, 2.45) is 4.99 Å². The van der Waals surface area contributed by atoms with Crippen LogP contribution in [0.2, 0.25) is 0 Å². The fourth-order valence-corrected chi connectivity index (χ4v) is 3.42. The fraction of sp³-hybridized carbons (Fsp3) is 0.381. The van der Waals surface area contributed by atoms with Crippen molar-refractivity contribution in [2.45, 2.75) is 51.0 Å². The van der Waals surface area contributed by atoms with Crippen LogP contribution in [0.3, 0.4) is 0 Å². The van der Waals surface area contributed by atoms with E-state index in [1.54, 1.807) is 0 Å². The second-order valence-corrected chi connectivity index (χ2v) is 10.8. The van der Waals surface area contributed by atoms with Crippen LogP contribution in [0, 0.1) is 0 Å². The first-order valence-electron chi connectivity index (χ1n) is 8.88. The van der Waals surface area contributed by atoms with Crippen molar-refractivity contribution in [1.82, 2.24) is 0 Å². The monoisotopic (exact) mass is 467 g/mol. The van der Waals surface area contributed by atoms with Crippen molar-refractivity contribution >= 4 is 23.2 Å². The first-order chi connectivity index (χ1) is 12.5. The molecule has 0 heterocycles. The SMILES string of the molecule is CC(C)(c1ccccc1)c1cccc(C=NC2CCCC2)c1O.[Cl][Zr][Cl]. The number of hydrogen-bond acceptors (Lipinski definition) is 2. The van der Waals surface area contributed by atoms with E-state index in [0.717, 1.165) is 11.1 Å². The molecule has 1 fully saturated rings. The predicted molar refractivity (Wildman–Crippen MR) is 108 cm³/mol. The van der Waals surface area contributed by atoms with Crippen LogP contribution < -0.4 is 0 Å². The van der Waals surface area contributed by atoms with Gasteiger partial charge < -0.3 is 5.11 Å². The topological polar surface area (TPSA) is 32.6 Å². The molecule has 0 radical (unpaired) electrons. The molecule has 0 saturated heterocycles. The third-order valence-corrected chi connectivity index (χ3v) is 4.99. The molecule has 2 aromatic rings. The molecule has 0 spiro atoms. The number of aliphatic imine (C=N–C) groups is 1. The maximum absolute atomic E-state index is 10.8. The first-order valence-corrected chi connectivity index (χ1v) is 15.2. The Morgan fingerprint density at radius 1 is 1.04 bits per heavy atom. The number of hydrogen-bond donors (Lipinski definition) is 1. The minimum atomic E-state index is -0.826. The molecule has 2 aromatic carbocycles. The number of benzene rings is 2. The number of rotatable bonds is 4. The van der Waals surface area contributed by atoms with E-state index in [4.69, 9.17) is 17.0 Å². The number of nitrogens with zero attached hydrogens (tertiary/aromatic N) is 1. The van der Waals surface area contributed by atoms with Gasteiger partial charge in [-0.05, 0) is 24.5 Å². The Balaban J connectivity index is 0.000000758. The van der Waals surface area contributed by atoms with E-state index < -0.39 is 20.8 Å². The van der Waals surface area contributed by atoms with Gasteiger partial charge in [0.1, 0.15) is 5.75 Å². The molecule has 0 aromatic heterocycles. The Labute approximate surface area is 175 Å². The number of para-hydroxylation sites is 1. The van der Waals surface area contributed by atoms with Crippen LogP contribution in [0.5, 0.6) is 5.75 Å². The van der Waals surface area contributed by atoms with Crippen LogP contribution in [-0.4, -0.2) is 17.4 Å². The van der Waals surface area contributed by atoms with Gasteiger partial charge in [0.05, 0.1) is 0 Å². The molecule has 1 saturated carbocycles. The molecule has 1 aliphatic rings. The van der Waals surface area contributed by atoms with Crippen LogP contribution in [0.15, 0.2) is 53.5 Å². The summed E-state index contributed by atoms with van der Waals surface area (Å²) < 4.78 is 0. The zero-order valence-electron chi connectivity index (χ0n) is 15.3. The summed E-state index contributed by atoms with van der Waals surface area (Å²) in [5, 5.41) is 10.8. The normalized spacial score (nSPS) is 14.9. The van der Waals surface area contributed by atoms with Crippen molar-refractivity contribution in [3.63, 3.8) is 0 Å². The molecule has 0 amide bonds. The van der Waals surface area contributed by atoms with E-state index >= 15 is 0 Å². The van der Waals surface area contributed by atoms with Crippen LogP contribution in [0.25, 0.3) is 0 Å². The average Bonchev–Trinajstić information content (AvgIpc) is 3.16. The number of phenols is 1. The molecular formula is C21H25Cl2NOZr. The molecule has 2 nitrogen and oxygen atoms in total. The molecule has 1 N–H and O–H groups in total. The van der Waals surface area contributed by atoms with Gasteiger partial charge in [0.2, 0.25) is 0 Å². The van der Waals surface area contributed by atoms with Crippen LogP contribution in [0.4, 0.5) is 0 Å². The van der Waals surface area contributed by atoms with Crippen LogP contribution in [0.1, 0.15) is 56.2 Å². The molecule has 26 heavy (non-hydrogen) atoms. The van der Waals surface area contributed by atoms with Gasteiger partial charge in [0, 0.05) is 28.8 Å². The summed E-state index contributed by atoms with van der Waals surface area (Å²) in [5.41, 5.74) is 2.71. The second kappa shape index (κ2) is 10.6. The van der Waals surface area contributed by atoms with Gasteiger partial charge in [-0.3, -0.25) is 4.99 Å². The molecule has 0 aliphatic heterocycles. The van der Waals surface area contributed by atoms with E-state index in [2.05, 4.69) is 31.0 Å². The van der Waals surface area contributed by atoms with Crippen LogP contribution >= 0.6 is 17.0 Å². The van der Waals surface area contributed by atoms with E-state index in [0.29, 0.717) is 11.8 Å². The fourth-order valence-electron chi connectivity index (χ4n) is 3.42. The molecule has 0 unspecified atom stereocenters. The predicted octanol–water partition coefficient (Wildman–Crippen LogP) is 6.46. The third-order valence-electron chi connectivity index (χ3n) is 4.99. The Morgan fingerprint density at radius 2 is 1.65 bits per heavy atom. The zero-order valence-corrected chi connectivity index (χ0v) is 19.2. The first kappa shape index (κ1) is 21.7. The summed E-state index contributed by atoms with van der Waals surface area (Å²) in [7, 11) is 9.87. The van der Waals surface area contributed by atoms with E-state index in [1.165, 1.54) is 31.2 Å². The third kappa shape index (κ3) is 5.68. The van der Waals surface area contributed by atoms with Gasteiger partial charge in [-0.2, -0.15) is 0 Å². The average molecular weight is 470 g/mol. The minimum absolute atomic E-state index is 0.247. The summed E-state index contributed by atoms with van der Waals surface area (Å²) in [4.78, 5) is 4.67. The van der Waals surface area contributed by atoms with E-state index in [1.807, 2.05) is 42.6 Å². The summed E-state index contributed by atoms with van der Waals surface area (Å²) in [6.45, 7) is 4.30. The molecule has 5 heteroatoms. The van der Waals surface area contributed by atoms with Gasteiger partial charge in [-0.25, -0.2) is 0 Å². The van der Waals surface area contributed by atoms with Gasteiger partial charge in [-0.15, -0.1) is 0 Å². The summed E-state index contributed by atoms with van der Waals surface area (Å²) in [6.07, 6.45) is 6.75. The van der Waals surface area contributed by atoms with Crippen molar-refractivity contribution < 1.29 is 26.0 Å². The van der Waals surface area contributed by atoms with Crippen LogP contribution in [-0.2, 0) is 26.3 Å². The Kier molecular flexibility index (Phi) is 8.87. The number of aromatic hydroxyl groups is 1. The summed E-state index contributed by atoms with van der Waals surface area (Å²) >= 11 is -0.826. The van der Waals surface area contributed by atoms with Gasteiger partial charge in [0.25, 0.3) is 0 Å². The summed E-state index contributed by atoms with van der Waals surface area (Å²) in [6, 6.07) is 16.7. The van der Waals surface area contributed by atoms with Crippen molar-refractivity contribution in [1.29, 1.82) is 0 Å². The molecule has 0 bridgehead atoms. The summed E-state index contributed by atoms with van der Waals surface area (Å²) in [5.74, 6) is 0.350. The van der Waals surface area contributed by atoms with E-state index in [9.17, 15) is 5.11 Å². The number of phenolic OH excluding ortho intramolecular Hbond substituents is 1. The maximum atomic E-state index is 10.8. The van der Waals surface area contributed by atoms with Crippen molar-refractivity contribution in [2.75, 3.05) is 0 Å². The Bertz CT molecular complexity index is 713. The quantitative estimate of drug-likeness (QED) is 0.513. The van der Waals surface area contributed by atoms with Gasteiger partial charge in [0.15, 0.2) is 0 Å². The van der Waals surface area contributed by atoms with Crippen molar-refractivity contribution in [3.05, 3.63) is 65.2 Å². The van der Waals surface area contributed by atoms with Gasteiger partial charge in [-0.1, -0.05) is 69.2 Å². The molecule has 0 atom stereocenters. The molecule has 1 aliphatic carbocycles. The van der Waals surface area contributed by atoms with Crippen molar-refractivity contribution in [3.8, 4) is 5.75 Å². The Morgan fingerprint density at radius 3 is 2.27 bits per heavy atom. The Hall–Kier alpha value is -0.627. The second-order valence-electron chi connectivity index (χ2n) is 7.02. The van der Waals surface area contributed by atoms with Gasteiger partial charge >= 0.3 is 37.9 Å². The zero-order chi connectivity index (χ0) is 19.0. The van der Waals surface area contributed by atoms with E-state index in [-0.39, 0.29) is 5.41 Å². The standard InChI is InChI=1S/C21H25NO.2ClH.Zr/c1-21(2,17-10-4-3-5-11-17)19-14-8-9-16(20(19)23)15-22-18-12-6-7-13-18;;;/h3-5,8-11,14-15,18,23H,6-7,12-13H2,1-2H3;2*1H;/q;;;+2/p-2. The molecule has 3 rings (SSSR count).